The molecule has 2 amide bonds. The van der Waals surface area contributed by atoms with Crippen molar-refractivity contribution in [3.63, 3.8) is 0 Å². The van der Waals surface area contributed by atoms with Gasteiger partial charge in [-0.2, -0.15) is 0 Å². The molecule has 0 saturated carbocycles. The fourth-order valence-corrected chi connectivity index (χ4v) is 3.01. The summed E-state index contributed by atoms with van der Waals surface area (Å²) in [5.74, 6) is -15.9. The number of aliphatic carboxylic acids is 1. The van der Waals surface area contributed by atoms with Gasteiger partial charge in [0.05, 0.1) is 6.54 Å². The first kappa shape index (κ1) is 26.6. The minimum Gasteiger partial charge on any atom is -0.480 e. The van der Waals surface area contributed by atoms with Crippen LogP contribution in [0.4, 0.5) is 26.3 Å². The standard InChI is InChI=1S/C21H19F6N3O4/c1-28-8-14(31)29-12(7-10-15(23)17(25)19(27)18(26)16(10)24)20(32)30-13(21(33)34)6-9-4-2-3-5-11(9)22/h2-5,12-13,28H,6-8H2,1H3,(H,29,31)(H,30,32)(H,33,34)/t12-,13-/m0/s1. The molecular weight excluding hydrogens is 472 g/mol. The highest BCUT2D eigenvalue weighted by molar-refractivity contribution is 5.91. The van der Waals surface area contributed by atoms with Crippen LogP contribution in [0.25, 0.3) is 0 Å². The van der Waals surface area contributed by atoms with Crippen molar-refractivity contribution in [2.75, 3.05) is 13.6 Å². The summed E-state index contributed by atoms with van der Waals surface area (Å²) in [6, 6.07) is 1.41. The van der Waals surface area contributed by atoms with Gasteiger partial charge in [-0.05, 0) is 18.7 Å². The third-order valence-electron chi connectivity index (χ3n) is 4.69. The summed E-state index contributed by atoms with van der Waals surface area (Å²) in [6.07, 6.45) is -1.73. The Balaban J connectivity index is 2.36. The number of carboxylic acids is 1. The first-order valence-electron chi connectivity index (χ1n) is 9.68. The number of halogens is 6. The number of hydrogen-bond donors (Lipinski definition) is 4. The van der Waals surface area contributed by atoms with Gasteiger partial charge in [0, 0.05) is 18.4 Å². The average Bonchev–Trinajstić information content (AvgIpc) is 2.79. The van der Waals surface area contributed by atoms with Crippen LogP contribution in [0.2, 0.25) is 0 Å². The maximum absolute atomic E-state index is 14.1. The molecule has 0 fully saturated rings. The van der Waals surface area contributed by atoms with Crippen LogP contribution in [-0.2, 0) is 27.2 Å². The normalized spacial score (nSPS) is 12.7. The molecule has 7 nitrogen and oxygen atoms in total. The Morgan fingerprint density at radius 2 is 1.38 bits per heavy atom. The van der Waals surface area contributed by atoms with Crippen molar-refractivity contribution in [1.29, 1.82) is 0 Å². The molecule has 34 heavy (non-hydrogen) atoms. The number of benzene rings is 2. The molecule has 0 aliphatic rings. The third kappa shape index (κ3) is 6.25. The van der Waals surface area contributed by atoms with E-state index in [1.165, 1.54) is 25.2 Å². The van der Waals surface area contributed by atoms with E-state index in [0.29, 0.717) is 0 Å². The summed E-state index contributed by atoms with van der Waals surface area (Å²) >= 11 is 0. The lowest BCUT2D eigenvalue weighted by Crippen LogP contribution is -2.54. The van der Waals surface area contributed by atoms with Crippen LogP contribution in [-0.4, -0.2) is 48.6 Å². The minimum atomic E-state index is -2.41. The van der Waals surface area contributed by atoms with Crippen LogP contribution in [0.3, 0.4) is 0 Å². The van der Waals surface area contributed by atoms with E-state index in [4.69, 9.17) is 0 Å². The van der Waals surface area contributed by atoms with Gasteiger partial charge in [-0.25, -0.2) is 31.1 Å². The monoisotopic (exact) mass is 491 g/mol. The zero-order valence-corrected chi connectivity index (χ0v) is 17.5. The van der Waals surface area contributed by atoms with Gasteiger partial charge in [0.25, 0.3) is 0 Å². The number of carboxylic acid groups (broad SMARTS) is 1. The lowest BCUT2D eigenvalue weighted by atomic mass is 10.0. The van der Waals surface area contributed by atoms with E-state index in [1.807, 2.05) is 10.6 Å². The van der Waals surface area contributed by atoms with E-state index in [2.05, 4.69) is 5.32 Å². The molecule has 0 unspecified atom stereocenters. The van der Waals surface area contributed by atoms with E-state index in [1.54, 1.807) is 0 Å². The molecule has 2 aromatic carbocycles. The summed E-state index contributed by atoms with van der Waals surface area (Å²) in [7, 11) is 1.35. The average molecular weight is 491 g/mol. The van der Waals surface area contributed by atoms with Crippen molar-refractivity contribution >= 4 is 17.8 Å². The van der Waals surface area contributed by atoms with Crippen molar-refractivity contribution in [3.05, 3.63) is 70.3 Å². The van der Waals surface area contributed by atoms with Gasteiger partial charge >= 0.3 is 5.97 Å². The molecule has 4 N–H and O–H groups in total. The van der Waals surface area contributed by atoms with Crippen LogP contribution in [0, 0.1) is 34.9 Å². The van der Waals surface area contributed by atoms with E-state index >= 15 is 0 Å². The molecule has 2 rings (SSSR count). The summed E-state index contributed by atoms with van der Waals surface area (Å²) in [5.41, 5.74) is -1.46. The Kier molecular flexibility index (Phi) is 9.01. The van der Waals surface area contributed by atoms with Gasteiger partial charge in [0.2, 0.25) is 17.6 Å². The first-order chi connectivity index (χ1) is 16.0. The molecule has 13 heteroatoms. The molecular formula is C21H19F6N3O4. The fraction of sp³-hybridized carbons (Fsp3) is 0.286. The van der Waals surface area contributed by atoms with Gasteiger partial charge in [-0.3, -0.25) is 9.59 Å². The Morgan fingerprint density at radius 1 is 0.824 bits per heavy atom. The van der Waals surface area contributed by atoms with Crippen molar-refractivity contribution in [1.82, 2.24) is 16.0 Å². The summed E-state index contributed by atoms with van der Waals surface area (Å²) in [5, 5.41) is 15.9. The second-order valence-electron chi connectivity index (χ2n) is 7.10. The Morgan fingerprint density at radius 3 is 1.91 bits per heavy atom. The van der Waals surface area contributed by atoms with Crippen LogP contribution >= 0.6 is 0 Å². The van der Waals surface area contributed by atoms with Crippen molar-refractivity contribution in [3.8, 4) is 0 Å². The molecule has 2 aromatic rings. The van der Waals surface area contributed by atoms with Gasteiger partial charge in [-0.1, -0.05) is 18.2 Å². The quantitative estimate of drug-likeness (QED) is 0.229. The minimum absolute atomic E-state index is 0.0780. The van der Waals surface area contributed by atoms with Gasteiger partial charge in [-0.15, -0.1) is 0 Å². The van der Waals surface area contributed by atoms with Crippen molar-refractivity contribution < 1.29 is 45.8 Å². The Bertz CT molecular complexity index is 1070. The highest BCUT2D eigenvalue weighted by atomic mass is 19.2. The zero-order chi connectivity index (χ0) is 25.6. The van der Waals surface area contributed by atoms with Gasteiger partial charge in [0.15, 0.2) is 23.3 Å². The lowest BCUT2D eigenvalue weighted by Gasteiger charge is -2.22. The Hall–Kier alpha value is -3.61. The predicted octanol–water partition coefficient (Wildman–Crippen LogP) is 1.58. The maximum atomic E-state index is 14.1. The zero-order valence-electron chi connectivity index (χ0n) is 17.5. The molecule has 0 aliphatic heterocycles. The maximum Gasteiger partial charge on any atom is 0.326 e. The van der Waals surface area contributed by atoms with Crippen LogP contribution in [0.5, 0.6) is 0 Å². The molecule has 0 aromatic heterocycles. The molecule has 0 spiro atoms. The fourth-order valence-electron chi connectivity index (χ4n) is 3.01. The number of nitrogens with one attached hydrogen (secondary N) is 3. The van der Waals surface area contributed by atoms with E-state index in [-0.39, 0.29) is 5.56 Å². The van der Waals surface area contributed by atoms with Crippen LogP contribution in [0.1, 0.15) is 11.1 Å². The number of amides is 2. The van der Waals surface area contributed by atoms with Crippen molar-refractivity contribution in [2.24, 2.45) is 0 Å². The van der Waals surface area contributed by atoms with Gasteiger partial charge in [0.1, 0.15) is 17.9 Å². The van der Waals surface area contributed by atoms with Crippen molar-refractivity contribution in [2.45, 2.75) is 24.9 Å². The molecule has 0 saturated heterocycles. The van der Waals surface area contributed by atoms with Crippen LogP contribution < -0.4 is 16.0 Å². The predicted molar refractivity (Wildman–Crippen MR) is 105 cm³/mol. The van der Waals surface area contributed by atoms with Crippen LogP contribution in [0.15, 0.2) is 24.3 Å². The molecule has 2 atom stereocenters. The van der Waals surface area contributed by atoms with E-state index in [0.717, 1.165) is 6.07 Å². The highest BCUT2D eigenvalue weighted by Gasteiger charge is 2.32. The number of rotatable bonds is 10. The SMILES string of the molecule is CNCC(=O)N[C@@H](Cc1c(F)c(F)c(F)c(F)c1F)C(=O)N[C@@H](Cc1ccccc1F)C(=O)O. The topological polar surface area (TPSA) is 108 Å². The second-order valence-corrected chi connectivity index (χ2v) is 7.10. The summed E-state index contributed by atoms with van der Waals surface area (Å²) in [4.78, 5) is 36.3. The first-order valence-corrected chi connectivity index (χ1v) is 9.68. The summed E-state index contributed by atoms with van der Waals surface area (Å²) in [6.45, 7) is -0.390. The summed E-state index contributed by atoms with van der Waals surface area (Å²) < 4.78 is 82.6. The number of carbonyl (C=O) groups excluding carboxylic acids is 2. The number of hydrogen-bond acceptors (Lipinski definition) is 4. The second kappa shape index (κ2) is 11.5. The number of carbonyl (C=O) groups is 3. The highest BCUT2D eigenvalue weighted by Crippen LogP contribution is 2.24. The van der Waals surface area contributed by atoms with Gasteiger partial charge < -0.3 is 21.1 Å². The number of likely N-dealkylation sites (N-methyl/N-ethyl adjacent to an activating group) is 1. The Labute approximate surface area is 189 Å². The van der Waals surface area contributed by atoms with E-state index < -0.39 is 89.7 Å². The third-order valence-corrected chi connectivity index (χ3v) is 4.69. The van der Waals surface area contributed by atoms with E-state index in [9.17, 15) is 45.8 Å². The smallest absolute Gasteiger partial charge is 0.326 e. The molecule has 184 valence electrons. The molecule has 0 heterocycles. The largest absolute Gasteiger partial charge is 0.480 e. The molecule has 0 radical (unpaired) electrons. The molecule has 0 bridgehead atoms. The lowest BCUT2D eigenvalue weighted by molar-refractivity contribution is -0.142. The molecule has 0 aliphatic carbocycles.